The van der Waals surface area contributed by atoms with Gasteiger partial charge in [0.15, 0.2) is 20.7 Å². The van der Waals surface area contributed by atoms with Crippen LogP contribution in [0.3, 0.4) is 0 Å². The number of halogens is 5. The smallest absolute Gasteiger partial charge is 0.324 e. The molecule has 4 aromatic heterocycles. The minimum Gasteiger partial charge on any atom is -0.324 e. The van der Waals surface area contributed by atoms with E-state index in [1.54, 1.807) is 13.1 Å². The lowest BCUT2D eigenvalue weighted by molar-refractivity contribution is -0.141. The fourth-order valence-electron chi connectivity index (χ4n) is 3.31. The summed E-state index contributed by atoms with van der Waals surface area (Å²) >= 11 is 13.4. The molecule has 0 amide bonds. The number of rotatable bonds is 4. The molecule has 0 fully saturated rings. The van der Waals surface area contributed by atoms with E-state index >= 15 is 0 Å². The zero-order valence-electron chi connectivity index (χ0n) is 16.7. The van der Waals surface area contributed by atoms with E-state index in [2.05, 4.69) is 15.0 Å². The Kier molecular flexibility index (Phi) is 5.55. The molecule has 0 radical (unpaired) electrons. The molecule has 0 aliphatic rings. The molecule has 0 aliphatic carbocycles. The second kappa shape index (κ2) is 7.72. The van der Waals surface area contributed by atoms with Crippen molar-refractivity contribution in [1.82, 2.24) is 24.1 Å². The van der Waals surface area contributed by atoms with Gasteiger partial charge in [0.1, 0.15) is 21.5 Å². The van der Waals surface area contributed by atoms with E-state index in [0.717, 1.165) is 23.6 Å². The van der Waals surface area contributed by atoms with Gasteiger partial charge >= 0.3 is 6.18 Å². The largest absolute Gasteiger partial charge is 0.433 e. The van der Waals surface area contributed by atoms with Gasteiger partial charge in [-0.25, -0.2) is 23.4 Å². The van der Waals surface area contributed by atoms with E-state index in [-0.39, 0.29) is 39.2 Å². The molecule has 0 aromatic carbocycles. The number of aromatic nitrogens is 5. The van der Waals surface area contributed by atoms with Crippen molar-refractivity contribution >= 4 is 55.4 Å². The van der Waals surface area contributed by atoms with Crippen molar-refractivity contribution in [3.05, 3.63) is 32.7 Å². The van der Waals surface area contributed by atoms with Crippen molar-refractivity contribution in [2.24, 2.45) is 14.1 Å². The highest BCUT2D eigenvalue weighted by molar-refractivity contribution is 7.91. The van der Waals surface area contributed by atoms with Crippen LogP contribution in [0.4, 0.5) is 13.2 Å². The first-order valence-corrected chi connectivity index (χ1v) is 12.2. The topological polar surface area (TPSA) is 82.7 Å². The second-order valence-electron chi connectivity index (χ2n) is 6.84. The quantitative estimate of drug-likeness (QED) is 0.366. The Morgan fingerprint density at radius 1 is 1.09 bits per heavy atom. The zero-order chi connectivity index (χ0) is 23.6. The summed E-state index contributed by atoms with van der Waals surface area (Å²) in [4.78, 5) is 12.2. The molecule has 0 N–H and O–H groups in total. The summed E-state index contributed by atoms with van der Waals surface area (Å²) in [6.07, 6.45) is -3.60. The number of hydrogen-bond acceptors (Lipinski definition) is 6. The highest BCUT2D eigenvalue weighted by Gasteiger charge is 2.34. The molecular weight excluding hydrogens is 510 g/mol. The third-order valence-electron chi connectivity index (χ3n) is 4.88. The Bertz CT molecular complexity index is 1470. The van der Waals surface area contributed by atoms with Gasteiger partial charge in [-0.1, -0.05) is 30.1 Å². The van der Waals surface area contributed by atoms with Crippen LogP contribution in [0.15, 0.2) is 23.4 Å². The van der Waals surface area contributed by atoms with Gasteiger partial charge < -0.3 is 9.13 Å². The molecule has 4 heterocycles. The van der Waals surface area contributed by atoms with Gasteiger partial charge in [-0.05, 0) is 12.1 Å². The Hall–Kier alpha value is -2.15. The molecule has 0 spiro atoms. The molecule has 0 saturated heterocycles. The molecule has 0 atom stereocenters. The first-order chi connectivity index (χ1) is 14.8. The number of pyridine rings is 1. The molecular formula is C18H14Cl2F3N5O2S2. The number of nitrogens with zero attached hydrogens (tertiary/aromatic N) is 5. The summed E-state index contributed by atoms with van der Waals surface area (Å²) in [5.74, 6) is 0.0923. The van der Waals surface area contributed by atoms with Gasteiger partial charge in [-0.3, -0.25) is 0 Å². The van der Waals surface area contributed by atoms with Crippen LogP contribution < -0.4 is 0 Å². The molecule has 0 bridgehead atoms. The van der Waals surface area contributed by atoms with Crippen LogP contribution in [-0.4, -0.2) is 38.3 Å². The number of thiophene rings is 1. The highest BCUT2D eigenvalue weighted by atomic mass is 35.5. The van der Waals surface area contributed by atoms with Gasteiger partial charge in [-0.2, -0.15) is 13.2 Å². The summed E-state index contributed by atoms with van der Waals surface area (Å²) in [6.45, 7) is 1.48. The summed E-state index contributed by atoms with van der Waals surface area (Å²) in [6, 6.07) is 2.38. The standard InChI is InChI=1S/C18H14Cl2F3N5O2S2/c1-4-32(29,30)17-13(26-15(28(17)3)8-5-12(19)31-14(8)20)16-25-9-6-11(18(21,22)23)24-7-10(9)27(16)2/h5-7H,4H2,1-3H3. The SMILES string of the molecule is CCS(=O)(=O)c1c(-c2nc3cc(C(F)(F)F)ncc3n2C)nc(-c2cc(Cl)sc2Cl)n1C. The molecule has 14 heteroatoms. The van der Waals surface area contributed by atoms with Crippen molar-refractivity contribution in [2.75, 3.05) is 5.75 Å². The Labute approximate surface area is 194 Å². The molecule has 4 aromatic rings. The Morgan fingerprint density at radius 3 is 2.34 bits per heavy atom. The van der Waals surface area contributed by atoms with E-state index in [4.69, 9.17) is 23.2 Å². The van der Waals surface area contributed by atoms with Crippen LogP contribution >= 0.6 is 34.5 Å². The molecule has 0 saturated carbocycles. The van der Waals surface area contributed by atoms with Crippen molar-refractivity contribution in [3.63, 3.8) is 0 Å². The molecule has 170 valence electrons. The first-order valence-electron chi connectivity index (χ1n) is 8.99. The van der Waals surface area contributed by atoms with Gasteiger partial charge in [0.2, 0.25) is 0 Å². The minimum absolute atomic E-state index is 0.00463. The summed E-state index contributed by atoms with van der Waals surface area (Å²) in [7, 11) is -0.745. The number of aryl methyl sites for hydroxylation is 1. The fourth-order valence-corrected chi connectivity index (χ4v) is 5.98. The maximum absolute atomic E-state index is 13.1. The van der Waals surface area contributed by atoms with Crippen molar-refractivity contribution in [1.29, 1.82) is 0 Å². The van der Waals surface area contributed by atoms with Crippen molar-refractivity contribution in [2.45, 2.75) is 18.1 Å². The summed E-state index contributed by atoms with van der Waals surface area (Å²) in [5.41, 5.74) is -0.375. The lowest BCUT2D eigenvalue weighted by Crippen LogP contribution is -2.11. The van der Waals surface area contributed by atoms with E-state index in [1.807, 2.05) is 0 Å². The van der Waals surface area contributed by atoms with E-state index < -0.39 is 21.7 Å². The van der Waals surface area contributed by atoms with Crippen LogP contribution in [0, 0.1) is 0 Å². The highest BCUT2D eigenvalue weighted by Crippen LogP contribution is 2.40. The van der Waals surface area contributed by atoms with Gasteiger partial charge in [0.25, 0.3) is 0 Å². The average molecular weight is 524 g/mol. The fraction of sp³-hybridized carbons (Fsp3) is 0.278. The summed E-state index contributed by atoms with van der Waals surface area (Å²) in [5, 5.41) is -0.129. The molecule has 32 heavy (non-hydrogen) atoms. The van der Waals surface area contributed by atoms with Gasteiger partial charge in [0.05, 0.1) is 27.3 Å². The molecule has 0 unspecified atom stereocenters. The number of alkyl halides is 3. The molecule has 4 rings (SSSR count). The monoisotopic (exact) mass is 523 g/mol. The van der Waals surface area contributed by atoms with Crippen LogP contribution in [0.25, 0.3) is 33.9 Å². The number of sulfone groups is 1. The normalized spacial score (nSPS) is 12.8. The maximum atomic E-state index is 13.1. The maximum Gasteiger partial charge on any atom is 0.433 e. The van der Waals surface area contributed by atoms with Gasteiger partial charge in [0, 0.05) is 19.7 Å². The van der Waals surface area contributed by atoms with E-state index in [0.29, 0.717) is 14.2 Å². The van der Waals surface area contributed by atoms with Crippen LogP contribution in [-0.2, 0) is 30.1 Å². The van der Waals surface area contributed by atoms with E-state index in [1.165, 1.54) is 23.1 Å². The van der Waals surface area contributed by atoms with Crippen molar-refractivity contribution in [3.8, 4) is 22.9 Å². The number of imidazole rings is 2. The summed E-state index contributed by atoms with van der Waals surface area (Å²) < 4.78 is 68.7. The predicted octanol–water partition coefficient (Wildman–Crippen LogP) is 5.22. The second-order valence-corrected chi connectivity index (χ2v) is 11.3. The Morgan fingerprint density at radius 2 is 1.78 bits per heavy atom. The van der Waals surface area contributed by atoms with Gasteiger partial charge in [-0.15, -0.1) is 11.3 Å². The Balaban J connectivity index is 2.03. The minimum atomic E-state index is -4.64. The lowest BCUT2D eigenvalue weighted by atomic mass is 10.3. The first kappa shape index (κ1) is 23.0. The predicted molar refractivity (Wildman–Crippen MR) is 117 cm³/mol. The van der Waals surface area contributed by atoms with E-state index in [9.17, 15) is 21.6 Å². The van der Waals surface area contributed by atoms with Crippen LogP contribution in [0.5, 0.6) is 0 Å². The third-order valence-corrected chi connectivity index (χ3v) is 8.19. The zero-order valence-corrected chi connectivity index (χ0v) is 19.8. The molecule has 0 aliphatic heterocycles. The molecule has 7 nitrogen and oxygen atoms in total. The van der Waals surface area contributed by atoms with Crippen LogP contribution in [0.1, 0.15) is 12.6 Å². The average Bonchev–Trinajstić information content (AvgIpc) is 3.33. The lowest BCUT2D eigenvalue weighted by Gasteiger charge is -2.07. The van der Waals surface area contributed by atoms with Crippen LogP contribution in [0.2, 0.25) is 8.67 Å². The third kappa shape index (κ3) is 3.68. The van der Waals surface area contributed by atoms with Crippen molar-refractivity contribution < 1.29 is 21.6 Å². The number of hydrogen-bond donors (Lipinski definition) is 0. The number of fused-ring (bicyclic) bond motifs is 1.